The van der Waals surface area contributed by atoms with Gasteiger partial charge in [0, 0.05) is 6.20 Å². The molecule has 0 saturated carbocycles. The number of aromatic carboxylic acids is 1. The smallest absolute Gasteiger partial charge is 0.359 e. The van der Waals surface area contributed by atoms with Crippen molar-refractivity contribution in [2.24, 2.45) is 0 Å². The van der Waals surface area contributed by atoms with Gasteiger partial charge in [-0.3, -0.25) is 0 Å². The van der Waals surface area contributed by atoms with Crippen LogP contribution in [0.15, 0.2) is 30.5 Å². The van der Waals surface area contributed by atoms with E-state index in [1.165, 1.54) is 18.0 Å². The summed E-state index contributed by atoms with van der Waals surface area (Å²) < 4.78 is 11.3. The fourth-order valence-electron chi connectivity index (χ4n) is 1.82. The van der Waals surface area contributed by atoms with Gasteiger partial charge in [0.15, 0.2) is 5.69 Å². The summed E-state index contributed by atoms with van der Waals surface area (Å²) in [6, 6.07) is 6.94. The summed E-state index contributed by atoms with van der Waals surface area (Å²) in [5.41, 5.74) is 0.0626. The number of ether oxygens (including phenoxy) is 2. The van der Waals surface area contributed by atoms with Crippen molar-refractivity contribution < 1.29 is 24.2 Å². The zero-order valence-electron chi connectivity index (χ0n) is 11.6. The van der Waals surface area contributed by atoms with Crippen LogP contribution in [0.4, 0.5) is 0 Å². The van der Waals surface area contributed by atoms with Gasteiger partial charge in [0.25, 0.3) is 0 Å². The van der Waals surface area contributed by atoms with E-state index in [9.17, 15) is 14.7 Å². The molecule has 0 spiro atoms. The first-order valence-electron chi connectivity index (χ1n) is 6.22. The summed E-state index contributed by atoms with van der Waals surface area (Å²) in [5.74, 6) is -1.52. The number of hydrogen-bond acceptors (Lipinski definition) is 5. The number of carboxylic acids is 1. The number of esters is 1. The number of benzene rings is 1. The Balaban J connectivity index is 2.54. The zero-order valence-corrected chi connectivity index (χ0v) is 11.6. The normalized spacial score (nSPS) is 10.2. The highest BCUT2D eigenvalue weighted by Crippen LogP contribution is 2.23. The standard InChI is InChI=1S/C14H14N2O5/c1-3-21-14(19)12-9(13(17)18)8-16(15-12)10-6-4-5-7-11(10)20-2/h4-8H,3H2,1-2H3,(H,17,18). The van der Waals surface area contributed by atoms with Gasteiger partial charge >= 0.3 is 11.9 Å². The number of para-hydroxylation sites is 2. The molecule has 110 valence electrons. The number of hydrogen-bond donors (Lipinski definition) is 1. The molecule has 21 heavy (non-hydrogen) atoms. The third-order valence-electron chi connectivity index (χ3n) is 2.75. The fraction of sp³-hybridized carbons (Fsp3) is 0.214. The maximum absolute atomic E-state index is 11.8. The molecule has 0 saturated heterocycles. The molecule has 1 heterocycles. The zero-order chi connectivity index (χ0) is 15.4. The molecule has 0 radical (unpaired) electrons. The van der Waals surface area contributed by atoms with E-state index in [4.69, 9.17) is 9.47 Å². The number of carbonyl (C=O) groups is 2. The predicted octanol–water partition coefficient (Wildman–Crippen LogP) is 1.76. The van der Waals surface area contributed by atoms with Crippen molar-refractivity contribution in [2.45, 2.75) is 6.92 Å². The number of carboxylic acid groups (broad SMARTS) is 1. The molecule has 0 aliphatic heterocycles. The van der Waals surface area contributed by atoms with Crippen LogP contribution >= 0.6 is 0 Å². The van der Waals surface area contributed by atoms with Gasteiger partial charge in [0.1, 0.15) is 17.0 Å². The minimum atomic E-state index is -1.25. The van der Waals surface area contributed by atoms with Crippen LogP contribution in [0, 0.1) is 0 Å². The van der Waals surface area contributed by atoms with E-state index in [2.05, 4.69) is 5.10 Å². The molecule has 7 heteroatoms. The van der Waals surface area contributed by atoms with Gasteiger partial charge in [0.2, 0.25) is 0 Å². The number of rotatable bonds is 5. The first-order valence-corrected chi connectivity index (χ1v) is 6.22. The monoisotopic (exact) mass is 290 g/mol. The van der Waals surface area contributed by atoms with Crippen LogP contribution in [0.3, 0.4) is 0 Å². The molecule has 2 rings (SSSR count). The van der Waals surface area contributed by atoms with Crippen LogP contribution in [-0.4, -0.2) is 40.5 Å². The Kier molecular flexibility index (Phi) is 4.22. The van der Waals surface area contributed by atoms with E-state index in [0.29, 0.717) is 11.4 Å². The lowest BCUT2D eigenvalue weighted by molar-refractivity contribution is 0.0507. The van der Waals surface area contributed by atoms with E-state index in [1.54, 1.807) is 31.2 Å². The Morgan fingerprint density at radius 1 is 1.33 bits per heavy atom. The number of methoxy groups -OCH3 is 1. The molecule has 0 fully saturated rings. The van der Waals surface area contributed by atoms with Gasteiger partial charge in [-0.2, -0.15) is 5.10 Å². The highest BCUT2D eigenvalue weighted by Gasteiger charge is 2.23. The average molecular weight is 290 g/mol. The lowest BCUT2D eigenvalue weighted by Gasteiger charge is -2.07. The van der Waals surface area contributed by atoms with Crippen molar-refractivity contribution in [1.82, 2.24) is 9.78 Å². The predicted molar refractivity (Wildman–Crippen MR) is 73.0 cm³/mol. The number of aromatic nitrogens is 2. The van der Waals surface area contributed by atoms with Gasteiger partial charge in [-0.1, -0.05) is 12.1 Å². The van der Waals surface area contributed by atoms with Gasteiger partial charge in [-0.05, 0) is 19.1 Å². The number of carbonyl (C=O) groups excluding carboxylic acids is 1. The third-order valence-corrected chi connectivity index (χ3v) is 2.75. The molecule has 2 aromatic rings. The second-order valence-corrected chi connectivity index (χ2v) is 4.03. The van der Waals surface area contributed by atoms with Crippen molar-refractivity contribution in [3.63, 3.8) is 0 Å². The quantitative estimate of drug-likeness (QED) is 0.844. The second kappa shape index (κ2) is 6.08. The van der Waals surface area contributed by atoms with Gasteiger partial charge < -0.3 is 14.6 Å². The summed E-state index contributed by atoms with van der Waals surface area (Å²) in [5, 5.41) is 13.2. The Hall–Kier alpha value is -2.83. The second-order valence-electron chi connectivity index (χ2n) is 4.03. The minimum absolute atomic E-state index is 0.138. The van der Waals surface area contributed by atoms with E-state index in [-0.39, 0.29) is 17.9 Å². The lowest BCUT2D eigenvalue weighted by Crippen LogP contribution is -2.11. The maximum atomic E-state index is 11.8. The average Bonchev–Trinajstić information content (AvgIpc) is 2.92. The van der Waals surface area contributed by atoms with Crippen molar-refractivity contribution in [3.05, 3.63) is 41.7 Å². The van der Waals surface area contributed by atoms with Crippen LogP contribution in [-0.2, 0) is 4.74 Å². The first kappa shape index (κ1) is 14.6. The van der Waals surface area contributed by atoms with Crippen LogP contribution in [0.5, 0.6) is 5.75 Å². The molecule has 1 N–H and O–H groups in total. The Morgan fingerprint density at radius 3 is 2.67 bits per heavy atom. The van der Waals surface area contributed by atoms with Crippen LogP contribution in [0.2, 0.25) is 0 Å². The molecular formula is C14H14N2O5. The van der Waals surface area contributed by atoms with E-state index >= 15 is 0 Å². The van der Waals surface area contributed by atoms with E-state index < -0.39 is 11.9 Å². The SMILES string of the molecule is CCOC(=O)c1nn(-c2ccccc2OC)cc1C(=O)O. The largest absolute Gasteiger partial charge is 0.494 e. The Labute approximate surface area is 120 Å². The maximum Gasteiger partial charge on any atom is 0.359 e. The van der Waals surface area contributed by atoms with Gasteiger partial charge in [-0.15, -0.1) is 0 Å². The molecular weight excluding hydrogens is 276 g/mol. The van der Waals surface area contributed by atoms with Crippen molar-refractivity contribution in [2.75, 3.05) is 13.7 Å². The molecule has 1 aromatic carbocycles. The summed E-state index contributed by atoms with van der Waals surface area (Å²) >= 11 is 0. The van der Waals surface area contributed by atoms with E-state index in [1.807, 2.05) is 0 Å². The van der Waals surface area contributed by atoms with Gasteiger partial charge in [0.05, 0.1) is 13.7 Å². The Morgan fingerprint density at radius 2 is 2.05 bits per heavy atom. The Bertz CT molecular complexity index is 678. The third kappa shape index (κ3) is 2.86. The summed E-state index contributed by atoms with van der Waals surface area (Å²) in [6.45, 7) is 1.77. The molecule has 0 bridgehead atoms. The van der Waals surface area contributed by atoms with Crippen LogP contribution < -0.4 is 4.74 Å². The highest BCUT2D eigenvalue weighted by molar-refractivity contribution is 6.01. The molecule has 0 aliphatic carbocycles. The van der Waals surface area contributed by atoms with Crippen LogP contribution in [0.1, 0.15) is 27.8 Å². The highest BCUT2D eigenvalue weighted by atomic mass is 16.5. The summed E-state index contributed by atoms with van der Waals surface area (Å²) in [7, 11) is 1.49. The fourth-order valence-corrected chi connectivity index (χ4v) is 1.82. The minimum Gasteiger partial charge on any atom is -0.494 e. The summed E-state index contributed by atoms with van der Waals surface area (Å²) in [6.07, 6.45) is 1.26. The van der Waals surface area contributed by atoms with Crippen LogP contribution in [0.25, 0.3) is 5.69 Å². The molecule has 1 aromatic heterocycles. The molecule has 0 unspecified atom stereocenters. The molecule has 0 amide bonds. The molecule has 7 nitrogen and oxygen atoms in total. The molecule has 0 atom stereocenters. The van der Waals surface area contributed by atoms with E-state index in [0.717, 1.165) is 0 Å². The van der Waals surface area contributed by atoms with Crippen molar-refractivity contribution in [3.8, 4) is 11.4 Å². The first-order chi connectivity index (χ1) is 10.1. The summed E-state index contributed by atoms with van der Waals surface area (Å²) in [4.78, 5) is 23.0. The topological polar surface area (TPSA) is 90.6 Å². The molecule has 0 aliphatic rings. The van der Waals surface area contributed by atoms with Gasteiger partial charge in [-0.25, -0.2) is 14.3 Å². The van der Waals surface area contributed by atoms with Crippen molar-refractivity contribution in [1.29, 1.82) is 0 Å². The number of nitrogens with zero attached hydrogens (tertiary/aromatic N) is 2. The van der Waals surface area contributed by atoms with Crippen molar-refractivity contribution >= 4 is 11.9 Å². The lowest BCUT2D eigenvalue weighted by atomic mass is 10.2.